The fraction of sp³-hybridized carbons (Fsp3) is 0.333. The van der Waals surface area contributed by atoms with Crippen molar-refractivity contribution in [1.82, 2.24) is 0 Å². The van der Waals surface area contributed by atoms with Gasteiger partial charge >= 0.3 is 5.97 Å². The van der Waals surface area contributed by atoms with Crippen LogP contribution in [0.3, 0.4) is 0 Å². The summed E-state index contributed by atoms with van der Waals surface area (Å²) in [7, 11) is 0. The van der Waals surface area contributed by atoms with Gasteiger partial charge in [-0.3, -0.25) is 0 Å². The molecule has 0 heterocycles. The van der Waals surface area contributed by atoms with Crippen molar-refractivity contribution >= 4 is 11.7 Å². The molecule has 1 rings (SSSR count). The quantitative estimate of drug-likeness (QED) is 0.373. The molecule has 0 aliphatic carbocycles. The van der Waals surface area contributed by atoms with Crippen molar-refractivity contribution in [2.45, 2.75) is 26.7 Å². The number of rotatable bonds is 6. The Labute approximate surface area is 123 Å². The highest BCUT2D eigenvalue weighted by Crippen LogP contribution is 2.18. The Morgan fingerprint density at radius 2 is 2.00 bits per heavy atom. The molecule has 0 aliphatic rings. The summed E-state index contributed by atoms with van der Waals surface area (Å²) in [6.45, 7) is 3.73. The lowest BCUT2D eigenvalue weighted by Gasteiger charge is -2.04. The summed E-state index contributed by atoms with van der Waals surface area (Å²) in [5, 5.41) is 26.2. The van der Waals surface area contributed by atoms with Crippen LogP contribution in [0.2, 0.25) is 0 Å². The van der Waals surface area contributed by atoms with Gasteiger partial charge in [-0.1, -0.05) is 6.92 Å². The number of nitrogens with zero attached hydrogens (tertiary/aromatic N) is 3. The second-order valence-corrected chi connectivity index (χ2v) is 4.12. The molecular weight excluding hydrogens is 270 g/mol. The maximum absolute atomic E-state index is 11.7. The number of ether oxygens (including phenoxy) is 1. The van der Waals surface area contributed by atoms with E-state index in [0.717, 1.165) is 0 Å². The van der Waals surface area contributed by atoms with Crippen molar-refractivity contribution < 1.29 is 14.6 Å². The second kappa shape index (κ2) is 8.48. The number of aliphatic hydroxyl groups is 1. The van der Waals surface area contributed by atoms with Crippen LogP contribution in [0.15, 0.2) is 46.0 Å². The molecule has 0 aromatic heterocycles. The Kier molecular flexibility index (Phi) is 6.61. The zero-order valence-electron chi connectivity index (χ0n) is 12.0. The molecule has 0 saturated heterocycles. The molecule has 1 aromatic carbocycles. The lowest BCUT2D eigenvalue weighted by Crippen LogP contribution is -2.08. The highest BCUT2D eigenvalue weighted by Gasteiger charge is 2.16. The van der Waals surface area contributed by atoms with Crippen molar-refractivity contribution in [2.75, 3.05) is 6.61 Å². The van der Waals surface area contributed by atoms with E-state index >= 15 is 0 Å². The summed E-state index contributed by atoms with van der Waals surface area (Å²) in [6.07, 6.45) is 0.988. The van der Waals surface area contributed by atoms with Gasteiger partial charge in [-0.05, 0) is 37.6 Å². The molecule has 0 fully saturated rings. The fourth-order valence-electron chi connectivity index (χ4n) is 1.48. The van der Waals surface area contributed by atoms with E-state index in [9.17, 15) is 9.90 Å². The van der Waals surface area contributed by atoms with E-state index in [1.165, 1.54) is 0 Å². The van der Waals surface area contributed by atoms with Crippen LogP contribution in [0, 0.1) is 11.3 Å². The van der Waals surface area contributed by atoms with Crippen LogP contribution in [0.4, 0.5) is 5.69 Å². The molecule has 0 aliphatic heterocycles. The first-order valence-corrected chi connectivity index (χ1v) is 6.63. The van der Waals surface area contributed by atoms with Crippen LogP contribution in [0.25, 0.3) is 0 Å². The molecule has 0 atom stereocenters. The second-order valence-electron chi connectivity index (χ2n) is 4.12. The minimum Gasteiger partial charge on any atom is -0.510 e. The molecule has 0 bridgehead atoms. The predicted octanol–water partition coefficient (Wildman–Crippen LogP) is 3.77. The number of aliphatic hydroxyl groups excluding tert-OH is 1. The van der Waals surface area contributed by atoms with Crippen LogP contribution in [0.5, 0.6) is 0 Å². The topological polar surface area (TPSA) is 95.0 Å². The molecule has 6 heteroatoms. The number of esters is 1. The van der Waals surface area contributed by atoms with E-state index in [1.54, 1.807) is 31.2 Å². The van der Waals surface area contributed by atoms with E-state index in [2.05, 4.69) is 10.2 Å². The summed E-state index contributed by atoms with van der Waals surface area (Å²) in [5.41, 5.74) is 0.784. The van der Waals surface area contributed by atoms with Gasteiger partial charge in [-0.15, -0.1) is 5.11 Å². The molecule has 0 unspecified atom stereocenters. The van der Waals surface area contributed by atoms with Crippen molar-refractivity contribution in [3.8, 4) is 6.07 Å². The Balaban J connectivity index is 2.99. The number of carbonyl (C=O) groups excluding carboxylic acids is 1. The first-order valence-electron chi connectivity index (χ1n) is 6.63. The molecule has 1 N–H and O–H groups in total. The predicted molar refractivity (Wildman–Crippen MR) is 76.9 cm³/mol. The molecule has 0 spiro atoms. The highest BCUT2D eigenvalue weighted by atomic mass is 16.5. The summed E-state index contributed by atoms with van der Waals surface area (Å²) in [4.78, 5) is 11.7. The average molecular weight is 287 g/mol. The van der Waals surface area contributed by atoms with E-state index in [0.29, 0.717) is 24.1 Å². The number of carbonyl (C=O) groups is 1. The van der Waals surface area contributed by atoms with Crippen molar-refractivity contribution in [3.05, 3.63) is 41.3 Å². The third-order valence-electron chi connectivity index (χ3n) is 2.49. The summed E-state index contributed by atoms with van der Waals surface area (Å²) in [6, 6.07) is 8.37. The first kappa shape index (κ1) is 16.4. The van der Waals surface area contributed by atoms with Gasteiger partial charge in [0.15, 0.2) is 0 Å². The van der Waals surface area contributed by atoms with Crippen LogP contribution in [0.1, 0.15) is 32.3 Å². The van der Waals surface area contributed by atoms with Crippen molar-refractivity contribution in [2.24, 2.45) is 10.2 Å². The number of azo groups is 1. The van der Waals surface area contributed by atoms with Crippen molar-refractivity contribution in [3.63, 3.8) is 0 Å². The molecule has 1 aromatic rings. The monoisotopic (exact) mass is 287 g/mol. The van der Waals surface area contributed by atoms with E-state index < -0.39 is 5.97 Å². The van der Waals surface area contributed by atoms with Gasteiger partial charge in [0.05, 0.1) is 23.9 Å². The Hall–Kier alpha value is -2.68. The first-order chi connectivity index (χ1) is 10.1. The lowest BCUT2D eigenvalue weighted by molar-refractivity contribution is -0.138. The van der Waals surface area contributed by atoms with Crippen LogP contribution < -0.4 is 0 Å². The molecule has 110 valence electrons. The molecule has 0 saturated carbocycles. The molecular formula is C15H17N3O3. The average Bonchev–Trinajstić information content (AvgIpc) is 2.48. The third-order valence-corrected chi connectivity index (χ3v) is 2.49. The minimum atomic E-state index is -0.708. The van der Waals surface area contributed by atoms with E-state index in [4.69, 9.17) is 10.00 Å². The smallest absolute Gasteiger partial charge is 0.362 e. The summed E-state index contributed by atoms with van der Waals surface area (Å²) >= 11 is 0. The Morgan fingerprint density at radius 1 is 1.33 bits per heavy atom. The molecule has 6 nitrogen and oxygen atoms in total. The number of allylic oxidation sites excluding steroid dienone is 1. The standard InChI is InChI=1S/C15H17N3O3/c1-3-5-13(19)14(15(20)21-4-2)18-17-12-8-6-11(10-16)7-9-12/h6-9,19H,3-5H2,1-2H3/b14-13+,18-17?. The zero-order valence-corrected chi connectivity index (χ0v) is 12.0. The van der Waals surface area contributed by atoms with E-state index in [-0.39, 0.29) is 18.1 Å². The van der Waals surface area contributed by atoms with Gasteiger partial charge < -0.3 is 9.84 Å². The van der Waals surface area contributed by atoms with Crippen LogP contribution in [-0.2, 0) is 9.53 Å². The van der Waals surface area contributed by atoms with Gasteiger partial charge in [0.1, 0.15) is 5.76 Å². The SMILES string of the molecule is CCC/C(O)=C(\N=Nc1ccc(C#N)cc1)C(=O)OCC. The summed E-state index contributed by atoms with van der Waals surface area (Å²) < 4.78 is 4.84. The number of nitriles is 1. The van der Waals surface area contributed by atoms with Gasteiger partial charge in [0, 0.05) is 6.42 Å². The fourth-order valence-corrected chi connectivity index (χ4v) is 1.48. The molecule has 0 radical (unpaired) electrons. The highest BCUT2D eigenvalue weighted by molar-refractivity contribution is 5.88. The van der Waals surface area contributed by atoms with Crippen LogP contribution >= 0.6 is 0 Å². The summed E-state index contributed by atoms with van der Waals surface area (Å²) in [5.74, 6) is -0.853. The van der Waals surface area contributed by atoms with Gasteiger partial charge in [-0.25, -0.2) is 4.79 Å². The zero-order chi connectivity index (χ0) is 15.7. The van der Waals surface area contributed by atoms with Crippen LogP contribution in [-0.4, -0.2) is 17.7 Å². The maximum Gasteiger partial charge on any atom is 0.362 e. The van der Waals surface area contributed by atoms with Gasteiger partial charge in [0.2, 0.25) is 5.70 Å². The normalized spacial score (nSPS) is 11.9. The third kappa shape index (κ3) is 5.07. The van der Waals surface area contributed by atoms with Gasteiger partial charge in [-0.2, -0.15) is 10.4 Å². The number of benzene rings is 1. The maximum atomic E-state index is 11.7. The lowest BCUT2D eigenvalue weighted by atomic mass is 10.2. The Morgan fingerprint density at radius 3 is 2.52 bits per heavy atom. The van der Waals surface area contributed by atoms with E-state index in [1.807, 2.05) is 13.0 Å². The molecule has 21 heavy (non-hydrogen) atoms. The molecule has 0 amide bonds. The number of hydrogen-bond acceptors (Lipinski definition) is 6. The van der Waals surface area contributed by atoms with Gasteiger partial charge in [0.25, 0.3) is 0 Å². The van der Waals surface area contributed by atoms with Crippen molar-refractivity contribution in [1.29, 1.82) is 5.26 Å². The number of hydrogen-bond donors (Lipinski definition) is 1. The largest absolute Gasteiger partial charge is 0.510 e. The minimum absolute atomic E-state index is 0.145. The Bertz CT molecular complexity index is 583.